The lowest BCUT2D eigenvalue weighted by Gasteiger charge is -2.37. The van der Waals surface area contributed by atoms with Gasteiger partial charge in [0.2, 0.25) is 17.6 Å². The van der Waals surface area contributed by atoms with Gasteiger partial charge in [-0.05, 0) is 49.1 Å². The summed E-state index contributed by atoms with van der Waals surface area (Å²) in [5.74, 6) is -0.420. The van der Waals surface area contributed by atoms with Crippen LogP contribution in [0.3, 0.4) is 0 Å². The number of benzene rings is 1. The second-order valence-corrected chi connectivity index (χ2v) is 9.18. The lowest BCUT2D eigenvalue weighted by molar-refractivity contribution is -0.148. The van der Waals surface area contributed by atoms with E-state index in [0.717, 1.165) is 6.42 Å². The Morgan fingerprint density at radius 1 is 1.13 bits per heavy atom. The first-order valence-corrected chi connectivity index (χ1v) is 10.8. The Hall–Kier alpha value is -2.47. The van der Waals surface area contributed by atoms with E-state index in [9.17, 15) is 19.2 Å². The molecule has 2 amide bonds. The molecule has 1 heterocycles. The number of Topliss-reactive ketones (excluding diaryl/α,β-unsaturated/α-hetero) is 1. The molecule has 1 aliphatic heterocycles. The van der Waals surface area contributed by atoms with Crippen molar-refractivity contribution >= 4 is 35.2 Å². The maximum Gasteiger partial charge on any atom is 0.308 e. The van der Waals surface area contributed by atoms with Crippen molar-refractivity contribution in [1.82, 2.24) is 4.90 Å². The van der Waals surface area contributed by atoms with E-state index in [0.29, 0.717) is 22.4 Å². The van der Waals surface area contributed by atoms with E-state index >= 15 is 0 Å². The van der Waals surface area contributed by atoms with Crippen molar-refractivity contribution in [2.75, 3.05) is 6.54 Å². The molecule has 6 nitrogen and oxygen atoms in total. The molecule has 4 aliphatic carbocycles. The highest BCUT2D eigenvalue weighted by Gasteiger charge is 2.66. The van der Waals surface area contributed by atoms with Crippen LogP contribution in [0, 0.1) is 35.5 Å². The highest BCUT2D eigenvalue weighted by atomic mass is 35.5. The number of hydrogen-bond donors (Lipinski definition) is 0. The SMILES string of the molecule is C[C@H](OC(=O)CCN1C(=O)[C@@H]2[C@H]3C=C[C@@H]([C@@H]4C[C@@H]34)[C@H]2C1=O)C(=O)c1cccc(Cl)c1. The van der Waals surface area contributed by atoms with Crippen LogP contribution in [0.2, 0.25) is 5.02 Å². The van der Waals surface area contributed by atoms with Crippen LogP contribution < -0.4 is 0 Å². The summed E-state index contributed by atoms with van der Waals surface area (Å²) in [5, 5.41) is 0.424. The van der Waals surface area contributed by atoms with Gasteiger partial charge in [-0.1, -0.05) is 35.9 Å². The van der Waals surface area contributed by atoms with Gasteiger partial charge in [0.15, 0.2) is 6.10 Å². The van der Waals surface area contributed by atoms with E-state index in [2.05, 4.69) is 12.2 Å². The second-order valence-electron chi connectivity index (χ2n) is 8.74. The molecule has 6 rings (SSSR count). The molecule has 2 bridgehead atoms. The van der Waals surface area contributed by atoms with Gasteiger partial charge in [0.1, 0.15) is 0 Å². The van der Waals surface area contributed by atoms with Crippen molar-refractivity contribution in [2.45, 2.75) is 25.9 Å². The average molecular weight is 428 g/mol. The summed E-state index contributed by atoms with van der Waals surface area (Å²) in [6.45, 7) is 1.49. The molecule has 0 N–H and O–H groups in total. The standard InChI is InChI=1S/C23H22ClNO5/c1-11(21(27)12-3-2-4-13(24)9-12)30-18(26)7-8-25-22(28)19-14-5-6-15(17-10-16(14)17)20(19)23(25)29/h2-6,9,11,14-17,19-20H,7-8,10H2,1H3/t11-,14-,15-,16-,17-,19+,20+/m0/s1. The van der Waals surface area contributed by atoms with Crippen molar-refractivity contribution in [3.05, 3.63) is 47.0 Å². The van der Waals surface area contributed by atoms with Crippen molar-refractivity contribution in [1.29, 1.82) is 0 Å². The third kappa shape index (κ3) is 3.00. The zero-order valence-electron chi connectivity index (χ0n) is 16.5. The Labute approximate surface area is 179 Å². The number of halogens is 1. The predicted molar refractivity (Wildman–Crippen MR) is 107 cm³/mol. The zero-order valence-corrected chi connectivity index (χ0v) is 17.2. The summed E-state index contributed by atoms with van der Waals surface area (Å²) < 4.78 is 5.24. The lowest BCUT2D eigenvalue weighted by atomic mass is 9.63. The monoisotopic (exact) mass is 427 g/mol. The van der Waals surface area contributed by atoms with Crippen molar-refractivity contribution in [3.8, 4) is 0 Å². The van der Waals surface area contributed by atoms with Crippen LogP contribution >= 0.6 is 11.6 Å². The average Bonchev–Trinajstić information content (AvgIpc) is 3.51. The third-order valence-electron chi connectivity index (χ3n) is 7.08. The van der Waals surface area contributed by atoms with Gasteiger partial charge in [-0.25, -0.2) is 0 Å². The molecule has 156 valence electrons. The molecular weight excluding hydrogens is 406 g/mol. The highest BCUT2D eigenvalue weighted by molar-refractivity contribution is 6.31. The number of allylic oxidation sites excluding steroid dienone is 2. The fourth-order valence-corrected chi connectivity index (χ4v) is 5.82. The molecule has 3 fully saturated rings. The smallest absolute Gasteiger partial charge is 0.308 e. The first-order valence-electron chi connectivity index (χ1n) is 10.4. The van der Waals surface area contributed by atoms with Crippen LogP contribution in [0.15, 0.2) is 36.4 Å². The van der Waals surface area contributed by atoms with Gasteiger partial charge in [0.05, 0.1) is 18.3 Å². The molecule has 7 heteroatoms. The van der Waals surface area contributed by atoms with E-state index in [1.807, 2.05) is 0 Å². The summed E-state index contributed by atoms with van der Waals surface area (Å²) in [5.41, 5.74) is 0.360. The minimum Gasteiger partial charge on any atom is -0.454 e. The number of hydrogen-bond acceptors (Lipinski definition) is 5. The van der Waals surface area contributed by atoms with Crippen molar-refractivity contribution < 1.29 is 23.9 Å². The minimum absolute atomic E-state index is 0.00362. The Balaban J connectivity index is 1.19. The summed E-state index contributed by atoms with van der Waals surface area (Å²) in [4.78, 5) is 51.8. The number of likely N-dealkylation sites (tertiary alicyclic amines) is 1. The molecule has 5 aliphatic rings. The maximum absolute atomic E-state index is 12.9. The Bertz CT molecular complexity index is 952. The number of carbonyl (C=O) groups excluding carboxylic acids is 4. The number of imide groups is 1. The highest BCUT2D eigenvalue weighted by Crippen LogP contribution is 2.65. The number of rotatable bonds is 6. The van der Waals surface area contributed by atoms with Crippen molar-refractivity contribution in [3.63, 3.8) is 0 Å². The van der Waals surface area contributed by atoms with Crippen LogP contribution in [-0.2, 0) is 19.1 Å². The van der Waals surface area contributed by atoms with Gasteiger partial charge in [0, 0.05) is 17.1 Å². The zero-order chi connectivity index (χ0) is 21.2. The quantitative estimate of drug-likeness (QED) is 0.302. The first kappa shape index (κ1) is 19.5. The molecule has 0 aromatic heterocycles. The van der Waals surface area contributed by atoms with E-state index < -0.39 is 12.1 Å². The number of esters is 1. The predicted octanol–water partition coefficient (Wildman–Crippen LogP) is 2.90. The molecule has 0 spiro atoms. The van der Waals surface area contributed by atoms with Crippen molar-refractivity contribution in [2.24, 2.45) is 35.5 Å². The largest absolute Gasteiger partial charge is 0.454 e. The Morgan fingerprint density at radius 3 is 2.37 bits per heavy atom. The first-order chi connectivity index (χ1) is 14.4. The molecule has 2 saturated carbocycles. The number of ether oxygens (including phenoxy) is 1. The van der Waals surface area contributed by atoms with Crippen LogP contribution in [0.1, 0.15) is 30.1 Å². The molecule has 30 heavy (non-hydrogen) atoms. The van der Waals surface area contributed by atoms with Gasteiger partial charge >= 0.3 is 5.97 Å². The number of nitrogens with zero attached hydrogens (tertiary/aromatic N) is 1. The summed E-state index contributed by atoms with van der Waals surface area (Å²) in [6, 6.07) is 6.43. The maximum atomic E-state index is 12.9. The molecular formula is C23H22ClNO5. The minimum atomic E-state index is -0.976. The molecule has 1 saturated heterocycles. The fourth-order valence-electron chi connectivity index (χ4n) is 5.63. The lowest BCUT2D eigenvalue weighted by Crippen LogP contribution is -2.40. The third-order valence-corrected chi connectivity index (χ3v) is 7.32. The van der Waals surface area contributed by atoms with Crippen LogP contribution in [0.4, 0.5) is 0 Å². The van der Waals surface area contributed by atoms with E-state index in [4.69, 9.17) is 16.3 Å². The van der Waals surface area contributed by atoms with Gasteiger partial charge in [-0.3, -0.25) is 24.1 Å². The van der Waals surface area contributed by atoms with Gasteiger partial charge in [-0.15, -0.1) is 0 Å². The number of carbonyl (C=O) groups is 4. The molecule has 0 radical (unpaired) electrons. The molecule has 0 unspecified atom stereocenters. The molecule has 7 atom stereocenters. The summed E-state index contributed by atoms with van der Waals surface area (Å²) in [7, 11) is 0. The molecule has 1 aromatic carbocycles. The van der Waals surface area contributed by atoms with Crippen LogP contribution in [-0.4, -0.2) is 41.1 Å². The number of amides is 2. The van der Waals surface area contributed by atoms with Gasteiger partial charge in [0.25, 0.3) is 0 Å². The van der Waals surface area contributed by atoms with Gasteiger partial charge < -0.3 is 4.74 Å². The topological polar surface area (TPSA) is 80.8 Å². The normalized spacial score (nSPS) is 33.9. The Morgan fingerprint density at radius 2 is 1.77 bits per heavy atom. The Kier molecular flexibility index (Phi) is 4.58. The van der Waals surface area contributed by atoms with E-state index in [1.165, 1.54) is 17.9 Å². The fraction of sp³-hybridized carbons (Fsp3) is 0.478. The van der Waals surface area contributed by atoms with Crippen LogP contribution in [0.25, 0.3) is 0 Å². The van der Waals surface area contributed by atoms with E-state index in [1.54, 1.807) is 18.2 Å². The van der Waals surface area contributed by atoms with Crippen LogP contribution in [0.5, 0.6) is 0 Å². The summed E-state index contributed by atoms with van der Waals surface area (Å²) in [6.07, 6.45) is 4.24. The van der Waals surface area contributed by atoms with Gasteiger partial charge in [-0.2, -0.15) is 0 Å². The number of ketones is 1. The second kappa shape index (κ2) is 7.05. The molecule has 1 aromatic rings. The van der Waals surface area contributed by atoms with E-state index in [-0.39, 0.29) is 54.2 Å². The summed E-state index contributed by atoms with van der Waals surface area (Å²) >= 11 is 5.90.